The highest BCUT2D eigenvalue weighted by molar-refractivity contribution is 5.91. The Kier molecular flexibility index (Phi) is 11.4. The van der Waals surface area contributed by atoms with Crippen LogP contribution >= 0.6 is 0 Å². The Morgan fingerprint density at radius 2 is 1.19 bits per heavy atom. The van der Waals surface area contributed by atoms with E-state index in [1.165, 1.54) is 64.2 Å². The maximum Gasteiger partial charge on any atom is 0.397 e. The highest BCUT2D eigenvalue weighted by atomic mass is 17.0. The first-order valence-corrected chi connectivity index (χ1v) is 10.4. The van der Waals surface area contributed by atoms with Gasteiger partial charge in [0.1, 0.15) is 4.81 Å². The van der Waals surface area contributed by atoms with Gasteiger partial charge in [0, 0.05) is 0 Å². The zero-order valence-corrected chi connectivity index (χ0v) is 16.3. The van der Waals surface area contributed by atoms with Gasteiger partial charge in [-0.05, 0) is 6.42 Å². The monoisotopic (exact) mass is 370 g/mol. The normalized spacial score (nSPS) is 16.2. The fourth-order valence-electron chi connectivity index (χ4n) is 3.24. The average Bonchev–Trinajstić information content (AvgIpc) is 2.86. The van der Waals surface area contributed by atoms with Crippen molar-refractivity contribution < 1.29 is 29.2 Å². The third-order valence-electron chi connectivity index (χ3n) is 4.95. The third kappa shape index (κ3) is 8.41. The molecule has 1 aliphatic heterocycles. The molecule has 1 rings (SSSR count). The van der Waals surface area contributed by atoms with Crippen LogP contribution in [0.25, 0.3) is 0 Å². The number of quaternary nitrogens is 1. The lowest BCUT2D eigenvalue weighted by molar-refractivity contribution is -1.12. The molecule has 6 heteroatoms. The molecule has 1 N–H and O–H groups in total. The van der Waals surface area contributed by atoms with Crippen LogP contribution in [0.5, 0.6) is 0 Å². The topological polar surface area (TPSA) is 80.7 Å². The average molecular weight is 371 g/mol. The SMILES string of the molecule is CCCCCCCCCCCCCCCC(=O)O[N+]1(O)C(=O)CCC1=O. The molecule has 0 spiro atoms. The zero-order chi connectivity index (χ0) is 19.3. The first kappa shape index (κ1) is 22.8. The number of nitrogens with zero attached hydrogens (tertiary/aromatic N) is 1. The number of imide groups is 1. The van der Waals surface area contributed by atoms with Crippen LogP contribution in [-0.4, -0.2) is 27.8 Å². The van der Waals surface area contributed by atoms with Gasteiger partial charge in [-0.2, -0.15) is 5.21 Å². The van der Waals surface area contributed by atoms with Crippen molar-refractivity contribution in [3.05, 3.63) is 0 Å². The molecule has 1 heterocycles. The van der Waals surface area contributed by atoms with Crippen LogP contribution in [-0.2, 0) is 19.2 Å². The Morgan fingerprint density at radius 1 is 0.808 bits per heavy atom. The summed E-state index contributed by atoms with van der Waals surface area (Å²) in [5.74, 6) is -2.23. The number of hydroxylamine groups is 4. The molecule has 0 atom stereocenters. The second kappa shape index (κ2) is 13.0. The minimum Gasteiger partial charge on any atom is -0.245 e. The molecule has 1 aliphatic rings. The summed E-state index contributed by atoms with van der Waals surface area (Å²) in [6, 6.07) is 0. The summed E-state index contributed by atoms with van der Waals surface area (Å²) in [6.07, 6.45) is 15.7. The van der Waals surface area contributed by atoms with Crippen molar-refractivity contribution in [2.24, 2.45) is 0 Å². The van der Waals surface area contributed by atoms with Crippen LogP contribution in [0.2, 0.25) is 0 Å². The minimum absolute atomic E-state index is 0.0820. The van der Waals surface area contributed by atoms with E-state index in [0.717, 1.165) is 12.8 Å². The predicted octanol–water partition coefficient (Wildman–Crippen LogP) is 4.98. The summed E-state index contributed by atoms with van der Waals surface area (Å²) in [5.41, 5.74) is 0. The van der Waals surface area contributed by atoms with Gasteiger partial charge in [0.15, 0.2) is 0 Å². The van der Waals surface area contributed by atoms with E-state index in [1.807, 2.05) is 0 Å². The molecule has 0 saturated carbocycles. The fourth-order valence-corrected chi connectivity index (χ4v) is 3.24. The standard InChI is InChI=1S/C20H36NO5/c1-2-3-4-5-6-7-8-9-10-11-12-13-14-15-20(24)26-21(25)18(22)16-17-19(21)23/h25H,2-17H2,1H3/q+1. The molecule has 0 unspecified atom stereocenters. The quantitative estimate of drug-likeness (QED) is 0.190. The Balaban J connectivity index is 1.92. The van der Waals surface area contributed by atoms with Crippen LogP contribution in [0.15, 0.2) is 0 Å². The lowest BCUT2D eigenvalue weighted by atomic mass is 10.0. The second-order valence-corrected chi connectivity index (χ2v) is 7.32. The molecule has 0 aromatic heterocycles. The smallest absolute Gasteiger partial charge is 0.245 e. The van der Waals surface area contributed by atoms with E-state index in [0.29, 0.717) is 6.42 Å². The van der Waals surface area contributed by atoms with Gasteiger partial charge in [-0.1, -0.05) is 84.0 Å². The number of hydrogen-bond donors (Lipinski definition) is 1. The van der Waals surface area contributed by atoms with Gasteiger partial charge in [0.05, 0.1) is 19.3 Å². The second-order valence-electron chi connectivity index (χ2n) is 7.32. The lowest BCUT2D eigenvalue weighted by Gasteiger charge is -2.15. The first-order chi connectivity index (χ1) is 12.5. The van der Waals surface area contributed by atoms with E-state index >= 15 is 0 Å². The summed E-state index contributed by atoms with van der Waals surface area (Å²) < 4.78 is 0. The molecule has 6 nitrogen and oxygen atoms in total. The Morgan fingerprint density at radius 3 is 1.62 bits per heavy atom. The Labute approximate surface area is 157 Å². The van der Waals surface area contributed by atoms with Crippen LogP contribution in [0, 0.1) is 0 Å². The summed E-state index contributed by atoms with van der Waals surface area (Å²) in [7, 11) is 0. The van der Waals surface area contributed by atoms with Gasteiger partial charge in [-0.3, -0.25) is 0 Å². The van der Waals surface area contributed by atoms with Gasteiger partial charge >= 0.3 is 17.8 Å². The molecule has 1 saturated heterocycles. The largest absolute Gasteiger partial charge is 0.397 e. The van der Waals surface area contributed by atoms with Gasteiger partial charge in [0.25, 0.3) is 0 Å². The number of carbonyl (C=O) groups is 3. The zero-order valence-electron chi connectivity index (χ0n) is 16.3. The Hall–Kier alpha value is -1.27. The highest BCUT2D eigenvalue weighted by Gasteiger charge is 2.55. The van der Waals surface area contributed by atoms with Crippen molar-refractivity contribution in [3.8, 4) is 0 Å². The molecule has 0 bridgehead atoms. The fraction of sp³-hybridized carbons (Fsp3) is 0.850. The highest BCUT2D eigenvalue weighted by Crippen LogP contribution is 2.21. The number of amides is 2. The van der Waals surface area contributed by atoms with E-state index in [9.17, 15) is 19.6 Å². The van der Waals surface area contributed by atoms with Crippen molar-refractivity contribution in [2.45, 2.75) is 110 Å². The molecule has 0 aromatic rings. The predicted molar refractivity (Wildman–Crippen MR) is 97.7 cm³/mol. The number of unbranched alkanes of at least 4 members (excludes halogenated alkanes) is 12. The van der Waals surface area contributed by atoms with E-state index in [4.69, 9.17) is 0 Å². The minimum atomic E-state index is -1.79. The number of carbonyl (C=O) groups excluding carboxylic acids is 3. The Bertz CT molecular complexity index is 433. The molecule has 0 aromatic carbocycles. The van der Waals surface area contributed by atoms with Crippen molar-refractivity contribution in [3.63, 3.8) is 0 Å². The maximum atomic E-state index is 11.7. The summed E-state index contributed by atoms with van der Waals surface area (Å²) in [6.45, 7) is 2.24. The van der Waals surface area contributed by atoms with Crippen molar-refractivity contribution in [2.75, 3.05) is 0 Å². The molecule has 0 radical (unpaired) electrons. The number of rotatable bonds is 15. The lowest BCUT2D eigenvalue weighted by Crippen LogP contribution is -2.50. The summed E-state index contributed by atoms with van der Waals surface area (Å²) in [4.78, 5) is 37.5. The van der Waals surface area contributed by atoms with Crippen LogP contribution < -0.4 is 0 Å². The van der Waals surface area contributed by atoms with E-state index < -0.39 is 22.6 Å². The number of hydrogen-bond acceptors (Lipinski definition) is 5. The van der Waals surface area contributed by atoms with Crippen molar-refractivity contribution in [1.29, 1.82) is 0 Å². The molecule has 26 heavy (non-hydrogen) atoms. The maximum absolute atomic E-state index is 11.7. The molecule has 2 amide bonds. The van der Waals surface area contributed by atoms with Crippen LogP contribution in [0.4, 0.5) is 0 Å². The van der Waals surface area contributed by atoms with E-state index in [2.05, 4.69) is 11.8 Å². The molecule has 0 aliphatic carbocycles. The molecule has 1 fully saturated rings. The molecular formula is C20H36NO5+. The first-order valence-electron chi connectivity index (χ1n) is 10.4. The van der Waals surface area contributed by atoms with E-state index in [1.54, 1.807) is 0 Å². The summed E-state index contributed by atoms with van der Waals surface area (Å²) in [5, 5.41) is 9.80. The van der Waals surface area contributed by atoms with Crippen molar-refractivity contribution >= 4 is 17.8 Å². The molecular weight excluding hydrogens is 334 g/mol. The van der Waals surface area contributed by atoms with Gasteiger partial charge in [-0.25, -0.2) is 19.2 Å². The molecule has 150 valence electrons. The van der Waals surface area contributed by atoms with Crippen LogP contribution in [0.3, 0.4) is 0 Å². The van der Waals surface area contributed by atoms with Gasteiger partial charge in [-0.15, -0.1) is 0 Å². The van der Waals surface area contributed by atoms with Crippen LogP contribution in [0.1, 0.15) is 110 Å². The van der Waals surface area contributed by atoms with E-state index in [-0.39, 0.29) is 19.3 Å². The summed E-state index contributed by atoms with van der Waals surface area (Å²) >= 11 is 0. The van der Waals surface area contributed by atoms with Crippen molar-refractivity contribution in [1.82, 2.24) is 0 Å². The third-order valence-corrected chi connectivity index (χ3v) is 4.95. The van der Waals surface area contributed by atoms with Gasteiger partial charge < -0.3 is 0 Å². The van der Waals surface area contributed by atoms with Gasteiger partial charge in [0.2, 0.25) is 0 Å².